The highest BCUT2D eigenvalue weighted by Crippen LogP contribution is 2.33. The molecule has 2 heterocycles. The van der Waals surface area contributed by atoms with E-state index in [2.05, 4.69) is 10.1 Å². The van der Waals surface area contributed by atoms with E-state index in [0.717, 1.165) is 17.7 Å². The van der Waals surface area contributed by atoms with Crippen molar-refractivity contribution in [3.63, 3.8) is 0 Å². The number of aromatic nitrogens is 2. The molecule has 0 bridgehead atoms. The predicted molar refractivity (Wildman–Crippen MR) is 59.3 cm³/mol. The molecule has 0 radical (unpaired) electrons. The lowest BCUT2D eigenvalue weighted by Gasteiger charge is -1.89. The smallest absolute Gasteiger partial charge is 0.294 e. The monoisotopic (exact) mass is 234 g/mol. The van der Waals surface area contributed by atoms with Gasteiger partial charge in [-0.1, -0.05) is 11.2 Å². The summed E-state index contributed by atoms with van der Waals surface area (Å²) in [6.45, 7) is 0. The lowest BCUT2D eigenvalue weighted by Crippen LogP contribution is -2.00. The van der Waals surface area contributed by atoms with Gasteiger partial charge in [0.15, 0.2) is 0 Å². The van der Waals surface area contributed by atoms with E-state index in [0.29, 0.717) is 18.2 Å². The second kappa shape index (κ2) is 3.83. The average Bonchev–Trinajstić information content (AvgIpc) is 2.84. The molecule has 2 aromatic heterocycles. The third-order valence-corrected chi connectivity index (χ3v) is 3.44. The fourth-order valence-electron chi connectivity index (χ4n) is 1.51. The van der Waals surface area contributed by atoms with Gasteiger partial charge in [-0.25, -0.2) is 0 Å². The molecular formula is C11H10N2O2S. The van der Waals surface area contributed by atoms with E-state index in [1.807, 2.05) is 17.5 Å². The van der Waals surface area contributed by atoms with E-state index in [4.69, 9.17) is 4.52 Å². The van der Waals surface area contributed by atoms with Crippen molar-refractivity contribution in [2.24, 2.45) is 5.92 Å². The second-order valence-corrected chi connectivity index (χ2v) is 4.92. The number of carbonyl (C=O) groups is 1. The molecular weight excluding hydrogens is 224 g/mol. The maximum atomic E-state index is 11.7. The Morgan fingerprint density at radius 3 is 3.12 bits per heavy atom. The first-order valence-corrected chi connectivity index (χ1v) is 6.11. The molecule has 0 aromatic carbocycles. The van der Waals surface area contributed by atoms with Gasteiger partial charge in [-0.2, -0.15) is 4.98 Å². The number of hydrogen-bond donors (Lipinski definition) is 0. The highest BCUT2D eigenvalue weighted by atomic mass is 32.1. The van der Waals surface area contributed by atoms with Crippen molar-refractivity contribution in [1.29, 1.82) is 0 Å². The first-order chi connectivity index (χ1) is 7.83. The molecule has 0 amide bonds. The molecule has 1 aliphatic carbocycles. The Labute approximate surface area is 96.3 Å². The van der Waals surface area contributed by atoms with Gasteiger partial charge >= 0.3 is 0 Å². The molecule has 3 rings (SSSR count). The van der Waals surface area contributed by atoms with Gasteiger partial charge in [-0.3, -0.25) is 4.79 Å². The summed E-state index contributed by atoms with van der Waals surface area (Å²) in [6, 6.07) is 3.83. The zero-order chi connectivity index (χ0) is 11.0. The standard InChI is InChI=1S/C11H10N2O2S/c14-8(6-7-3-4-7)11-12-10(13-15-11)9-2-1-5-16-9/h1-2,5,7H,3-4,6H2. The zero-order valence-corrected chi connectivity index (χ0v) is 9.37. The van der Waals surface area contributed by atoms with E-state index in [9.17, 15) is 4.79 Å². The van der Waals surface area contributed by atoms with Crippen molar-refractivity contribution in [2.45, 2.75) is 19.3 Å². The predicted octanol–water partition coefficient (Wildman–Crippen LogP) is 2.78. The fourth-order valence-corrected chi connectivity index (χ4v) is 2.16. The summed E-state index contributed by atoms with van der Waals surface area (Å²) < 4.78 is 4.97. The average molecular weight is 234 g/mol. The third kappa shape index (κ3) is 1.90. The summed E-state index contributed by atoms with van der Waals surface area (Å²) in [7, 11) is 0. The summed E-state index contributed by atoms with van der Waals surface area (Å²) >= 11 is 1.53. The van der Waals surface area contributed by atoms with Crippen LogP contribution in [0.1, 0.15) is 29.9 Å². The van der Waals surface area contributed by atoms with Crippen LogP contribution in [0, 0.1) is 5.92 Å². The molecule has 1 fully saturated rings. The lowest BCUT2D eigenvalue weighted by atomic mass is 10.2. The van der Waals surface area contributed by atoms with Gasteiger partial charge in [0.1, 0.15) is 0 Å². The van der Waals surface area contributed by atoms with E-state index in [-0.39, 0.29) is 11.7 Å². The molecule has 1 saturated carbocycles. The van der Waals surface area contributed by atoms with Gasteiger partial charge in [0.25, 0.3) is 5.89 Å². The second-order valence-electron chi connectivity index (χ2n) is 3.97. The third-order valence-electron chi connectivity index (χ3n) is 2.58. The number of rotatable bonds is 4. The van der Waals surface area contributed by atoms with Crippen molar-refractivity contribution >= 4 is 17.1 Å². The van der Waals surface area contributed by atoms with Crippen LogP contribution in [0.4, 0.5) is 0 Å². The number of Topliss-reactive ketones (excluding diaryl/α,β-unsaturated/α-hetero) is 1. The van der Waals surface area contributed by atoms with E-state index >= 15 is 0 Å². The summed E-state index contributed by atoms with van der Waals surface area (Å²) in [5.41, 5.74) is 0. The lowest BCUT2D eigenvalue weighted by molar-refractivity contribution is 0.0933. The molecule has 0 atom stereocenters. The first kappa shape index (κ1) is 9.72. The molecule has 0 saturated heterocycles. The van der Waals surface area contributed by atoms with Crippen LogP contribution in [0.5, 0.6) is 0 Å². The summed E-state index contributed by atoms with van der Waals surface area (Å²) in [5.74, 6) is 1.17. The van der Waals surface area contributed by atoms with E-state index in [1.165, 1.54) is 11.3 Å². The molecule has 2 aromatic rings. The van der Waals surface area contributed by atoms with Gasteiger partial charge < -0.3 is 4.52 Å². The Bertz CT molecular complexity index is 500. The molecule has 1 aliphatic rings. The maximum absolute atomic E-state index is 11.7. The molecule has 0 unspecified atom stereocenters. The van der Waals surface area contributed by atoms with Crippen molar-refractivity contribution in [3.8, 4) is 10.7 Å². The van der Waals surface area contributed by atoms with Gasteiger partial charge in [-0.15, -0.1) is 11.3 Å². The normalized spacial score (nSPS) is 15.2. The summed E-state index contributed by atoms with van der Waals surface area (Å²) in [6.07, 6.45) is 2.85. The first-order valence-electron chi connectivity index (χ1n) is 5.24. The van der Waals surface area contributed by atoms with Crippen LogP contribution in [0.15, 0.2) is 22.0 Å². The molecule has 0 N–H and O–H groups in total. The Morgan fingerprint density at radius 1 is 1.56 bits per heavy atom. The number of thiophene rings is 1. The van der Waals surface area contributed by atoms with E-state index in [1.54, 1.807) is 0 Å². The zero-order valence-electron chi connectivity index (χ0n) is 8.55. The number of nitrogens with zero attached hydrogens (tertiary/aromatic N) is 2. The SMILES string of the molecule is O=C(CC1CC1)c1nc(-c2cccs2)no1. The van der Waals surface area contributed by atoms with Crippen LogP contribution >= 0.6 is 11.3 Å². The van der Waals surface area contributed by atoms with Gasteiger partial charge in [-0.05, 0) is 30.2 Å². The molecule has 16 heavy (non-hydrogen) atoms. The highest BCUT2D eigenvalue weighted by molar-refractivity contribution is 7.13. The van der Waals surface area contributed by atoms with Crippen LogP contribution in [0.25, 0.3) is 10.7 Å². The Kier molecular flexibility index (Phi) is 2.32. The Morgan fingerprint density at radius 2 is 2.44 bits per heavy atom. The van der Waals surface area contributed by atoms with Gasteiger partial charge in [0, 0.05) is 6.42 Å². The number of carbonyl (C=O) groups excluding carboxylic acids is 1. The molecule has 82 valence electrons. The Hall–Kier alpha value is -1.49. The minimum Gasteiger partial charge on any atom is -0.330 e. The van der Waals surface area contributed by atoms with Gasteiger partial charge in [0.05, 0.1) is 4.88 Å². The minimum absolute atomic E-state index is 0.0298. The quantitative estimate of drug-likeness (QED) is 0.763. The summed E-state index contributed by atoms with van der Waals surface area (Å²) in [4.78, 5) is 16.7. The van der Waals surface area contributed by atoms with Crippen LogP contribution < -0.4 is 0 Å². The molecule has 0 aliphatic heterocycles. The number of hydrogen-bond acceptors (Lipinski definition) is 5. The van der Waals surface area contributed by atoms with Crippen molar-refractivity contribution in [2.75, 3.05) is 0 Å². The van der Waals surface area contributed by atoms with Crippen molar-refractivity contribution < 1.29 is 9.32 Å². The van der Waals surface area contributed by atoms with Crippen molar-refractivity contribution in [1.82, 2.24) is 10.1 Å². The largest absolute Gasteiger partial charge is 0.330 e. The van der Waals surface area contributed by atoms with Crippen LogP contribution in [0.2, 0.25) is 0 Å². The fraction of sp³-hybridized carbons (Fsp3) is 0.364. The van der Waals surface area contributed by atoms with E-state index < -0.39 is 0 Å². The summed E-state index contributed by atoms with van der Waals surface area (Å²) in [5, 5.41) is 5.75. The van der Waals surface area contributed by atoms with Gasteiger partial charge in [0.2, 0.25) is 11.6 Å². The molecule has 0 spiro atoms. The molecule has 4 nitrogen and oxygen atoms in total. The maximum Gasteiger partial charge on any atom is 0.294 e. The van der Waals surface area contributed by atoms with Crippen LogP contribution in [-0.4, -0.2) is 15.9 Å². The van der Waals surface area contributed by atoms with Crippen molar-refractivity contribution in [3.05, 3.63) is 23.4 Å². The minimum atomic E-state index is -0.0298. The molecule has 5 heteroatoms. The Balaban J connectivity index is 1.79. The highest BCUT2D eigenvalue weighted by Gasteiger charge is 2.27. The number of ketones is 1. The topological polar surface area (TPSA) is 56.0 Å². The van der Waals surface area contributed by atoms with Crippen LogP contribution in [0.3, 0.4) is 0 Å². The van der Waals surface area contributed by atoms with Crippen LogP contribution in [-0.2, 0) is 0 Å².